The number of ether oxygens (including phenoxy) is 2. The maximum atomic E-state index is 14.0. The number of hydrogen-bond donors (Lipinski definition) is 1. The van der Waals surface area contributed by atoms with Gasteiger partial charge in [0.25, 0.3) is 0 Å². The smallest absolute Gasteiger partial charge is 0.407 e. The average Bonchev–Trinajstić information content (AvgIpc) is 2.82. The lowest BCUT2D eigenvalue weighted by Crippen LogP contribution is -2.32. The van der Waals surface area contributed by atoms with Gasteiger partial charge in [-0.3, -0.25) is 4.98 Å². The third-order valence-corrected chi connectivity index (χ3v) is 6.52. The molecule has 39 heavy (non-hydrogen) atoms. The van der Waals surface area contributed by atoms with Crippen molar-refractivity contribution in [2.75, 3.05) is 0 Å². The van der Waals surface area contributed by atoms with Gasteiger partial charge in [-0.2, -0.15) is 0 Å². The van der Waals surface area contributed by atoms with E-state index in [2.05, 4.69) is 35.1 Å². The number of pyridine rings is 1. The molecule has 0 aliphatic heterocycles. The van der Waals surface area contributed by atoms with Gasteiger partial charge in [0.2, 0.25) is 0 Å². The Hall–Kier alpha value is -3.26. The molecule has 3 rings (SSSR count). The van der Waals surface area contributed by atoms with Crippen molar-refractivity contribution in [3.63, 3.8) is 0 Å². The number of benzene rings is 2. The molecule has 8 heteroatoms. The molecule has 1 aromatic heterocycles. The second-order valence-corrected chi connectivity index (χ2v) is 11.9. The maximum Gasteiger partial charge on any atom is 0.407 e. The summed E-state index contributed by atoms with van der Waals surface area (Å²) < 4.78 is 25.5. The summed E-state index contributed by atoms with van der Waals surface area (Å²) in [5.74, 6) is -0.725. The molecule has 0 atom stereocenters. The third kappa shape index (κ3) is 8.36. The molecule has 0 aliphatic rings. The summed E-state index contributed by atoms with van der Waals surface area (Å²) in [6, 6.07) is 12.4. The van der Waals surface area contributed by atoms with E-state index in [0.29, 0.717) is 33.3 Å². The van der Waals surface area contributed by atoms with Crippen LogP contribution in [0.3, 0.4) is 0 Å². The Morgan fingerprint density at radius 1 is 1.08 bits per heavy atom. The van der Waals surface area contributed by atoms with Crippen LogP contribution >= 0.6 is 15.9 Å². The Morgan fingerprint density at radius 2 is 1.74 bits per heavy atom. The van der Waals surface area contributed by atoms with Crippen LogP contribution in [0.1, 0.15) is 73.1 Å². The zero-order valence-corrected chi connectivity index (χ0v) is 25.2. The molecule has 2 aromatic carbocycles. The van der Waals surface area contributed by atoms with Gasteiger partial charge in [-0.1, -0.05) is 49.7 Å². The van der Waals surface area contributed by atoms with Crippen LogP contribution < -0.4 is 5.32 Å². The summed E-state index contributed by atoms with van der Waals surface area (Å²) in [5, 5.41) is 2.85. The fourth-order valence-electron chi connectivity index (χ4n) is 4.16. The van der Waals surface area contributed by atoms with E-state index in [-0.39, 0.29) is 19.1 Å². The number of halogens is 2. The molecule has 0 unspecified atom stereocenters. The molecule has 0 saturated heterocycles. The van der Waals surface area contributed by atoms with Crippen LogP contribution in [-0.4, -0.2) is 22.6 Å². The van der Waals surface area contributed by atoms with Crippen LogP contribution in [-0.2, 0) is 29.0 Å². The molecule has 0 aliphatic carbocycles. The van der Waals surface area contributed by atoms with Crippen LogP contribution in [0, 0.1) is 25.6 Å². The van der Waals surface area contributed by atoms with Gasteiger partial charge in [0.05, 0.1) is 15.7 Å². The summed E-state index contributed by atoms with van der Waals surface area (Å²) >= 11 is 3.14. The molecule has 1 N–H and O–H groups in total. The van der Waals surface area contributed by atoms with Crippen molar-refractivity contribution in [3.8, 4) is 11.1 Å². The number of aryl methyl sites for hydroxylation is 2. The molecule has 0 spiro atoms. The molecule has 6 nitrogen and oxygen atoms in total. The molecule has 208 valence electrons. The highest BCUT2D eigenvalue weighted by molar-refractivity contribution is 9.10. The van der Waals surface area contributed by atoms with Gasteiger partial charge in [0.1, 0.15) is 18.0 Å². The van der Waals surface area contributed by atoms with E-state index in [9.17, 15) is 14.0 Å². The standard InChI is InChI=1S/C31H36BrFN2O4/c1-18(2)14-26-23(16-34-30(37)39-31(5,6)7)28(22-11-8-19(3)9-12-22)27(20(4)35-26)29(36)38-17-21-10-13-24(32)25(33)15-21/h8-13,15,18H,14,16-17H2,1-7H3,(H,34,37). The Bertz CT molecular complexity index is 1350. The van der Waals surface area contributed by atoms with Crippen molar-refractivity contribution in [1.82, 2.24) is 10.3 Å². The van der Waals surface area contributed by atoms with E-state index in [1.54, 1.807) is 39.8 Å². The van der Waals surface area contributed by atoms with Gasteiger partial charge >= 0.3 is 12.1 Å². The first kappa shape index (κ1) is 30.3. The molecular formula is C31H36BrFN2O4. The number of amides is 1. The number of rotatable bonds is 8. The van der Waals surface area contributed by atoms with Crippen molar-refractivity contribution < 1.29 is 23.5 Å². The molecule has 0 bridgehead atoms. The largest absolute Gasteiger partial charge is 0.457 e. The average molecular weight is 600 g/mol. The van der Waals surface area contributed by atoms with E-state index in [0.717, 1.165) is 22.4 Å². The Labute approximate surface area is 238 Å². The minimum atomic E-state index is -0.655. The second kappa shape index (κ2) is 12.7. The minimum Gasteiger partial charge on any atom is -0.457 e. The SMILES string of the molecule is Cc1ccc(-c2c(CNC(=O)OC(C)(C)C)c(CC(C)C)nc(C)c2C(=O)OCc2ccc(Br)c(F)c2)cc1. The van der Waals surface area contributed by atoms with Crippen LogP contribution in [0.4, 0.5) is 9.18 Å². The molecule has 1 amide bonds. The second-order valence-electron chi connectivity index (χ2n) is 11.0. The number of aromatic nitrogens is 1. The lowest BCUT2D eigenvalue weighted by Gasteiger charge is -2.23. The first-order valence-electron chi connectivity index (χ1n) is 12.9. The number of carbonyl (C=O) groups is 2. The fourth-order valence-corrected chi connectivity index (χ4v) is 4.41. The van der Waals surface area contributed by atoms with Gasteiger partial charge < -0.3 is 14.8 Å². The molecule has 1 heterocycles. The highest BCUT2D eigenvalue weighted by atomic mass is 79.9. The van der Waals surface area contributed by atoms with Crippen molar-refractivity contribution in [1.29, 1.82) is 0 Å². The van der Waals surface area contributed by atoms with Crippen LogP contribution in [0.25, 0.3) is 11.1 Å². The first-order valence-corrected chi connectivity index (χ1v) is 13.7. The summed E-state index contributed by atoms with van der Waals surface area (Å²) in [5.41, 5.74) is 4.75. The number of nitrogens with one attached hydrogen (secondary N) is 1. The van der Waals surface area contributed by atoms with Gasteiger partial charge in [-0.15, -0.1) is 0 Å². The van der Waals surface area contributed by atoms with Crippen LogP contribution in [0.2, 0.25) is 0 Å². The summed E-state index contributed by atoms with van der Waals surface area (Å²) in [4.78, 5) is 31.0. The van der Waals surface area contributed by atoms with Crippen molar-refractivity contribution in [3.05, 3.63) is 86.4 Å². The number of alkyl carbamates (subject to hydrolysis) is 1. The molecular weight excluding hydrogens is 563 g/mol. The highest BCUT2D eigenvalue weighted by Gasteiger charge is 2.26. The van der Waals surface area contributed by atoms with E-state index in [4.69, 9.17) is 14.5 Å². The lowest BCUT2D eigenvalue weighted by molar-refractivity contribution is 0.0470. The monoisotopic (exact) mass is 598 g/mol. The molecule has 0 fully saturated rings. The first-order chi connectivity index (χ1) is 18.2. The van der Waals surface area contributed by atoms with Crippen LogP contribution in [0.5, 0.6) is 0 Å². The predicted octanol–water partition coefficient (Wildman–Crippen LogP) is 7.85. The fraction of sp³-hybridized carbons (Fsp3) is 0.387. The van der Waals surface area contributed by atoms with Crippen molar-refractivity contribution in [2.24, 2.45) is 5.92 Å². The quantitative estimate of drug-likeness (QED) is 0.267. The van der Waals surface area contributed by atoms with Gasteiger partial charge in [0.15, 0.2) is 0 Å². The van der Waals surface area contributed by atoms with E-state index in [1.807, 2.05) is 31.2 Å². The number of nitrogens with zero attached hydrogens (tertiary/aromatic N) is 1. The number of hydrogen-bond acceptors (Lipinski definition) is 5. The molecule has 3 aromatic rings. The van der Waals surface area contributed by atoms with Gasteiger partial charge in [0, 0.05) is 23.4 Å². The molecule has 0 saturated carbocycles. The van der Waals surface area contributed by atoms with Crippen molar-refractivity contribution in [2.45, 2.75) is 73.6 Å². The topological polar surface area (TPSA) is 77.5 Å². The molecule has 0 radical (unpaired) electrons. The van der Waals surface area contributed by atoms with Crippen LogP contribution in [0.15, 0.2) is 46.9 Å². The highest BCUT2D eigenvalue weighted by Crippen LogP contribution is 2.34. The third-order valence-electron chi connectivity index (χ3n) is 5.87. The van der Waals surface area contributed by atoms with Gasteiger partial charge in [-0.05, 0) is 86.1 Å². The zero-order valence-electron chi connectivity index (χ0n) is 23.6. The summed E-state index contributed by atoms with van der Waals surface area (Å²) in [6.07, 6.45) is 0.0910. The van der Waals surface area contributed by atoms with E-state index < -0.39 is 23.5 Å². The lowest BCUT2D eigenvalue weighted by atomic mass is 9.89. The number of esters is 1. The van der Waals surface area contributed by atoms with Gasteiger partial charge in [-0.25, -0.2) is 14.0 Å². The Kier molecular flexibility index (Phi) is 9.88. The van der Waals surface area contributed by atoms with E-state index >= 15 is 0 Å². The summed E-state index contributed by atoms with van der Waals surface area (Å²) in [7, 11) is 0. The minimum absolute atomic E-state index is 0.102. The Morgan fingerprint density at radius 3 is 2.33 bits per heavy atom. The summed E-state index contributed by atoms with van der Waals surface area (Å²) in [6.45, 7) is 13.4. The predicted molar refractivity (Wildman–Crippen MR) is 154 cm³/mol. The Balaban J connectivity index is 2.10. The zero-order chi connectivity index (χ0) is 28.9. The maximum absolute atomic E-state index is 14.0. The number of carbonyl (C=O) groups excluding carboxylic acids is 2. The normalized spacial score (nSPS) is 11.4. The van der Waals surface area contributed by atoms with Crippen molar-refractivity contribution >= 4 is 28.0 Å². The van der Waals surface area contributed by atoms with E-state index in [1.165, 1.54) is 6.07 Å².